The summed E-state index contributed by atoms with van der Waals surface area (Å²) in [6.45, 7) is -0.245. The Balaban J connectivity index is 1.81. The Labute approximate surface area is 135 Å². The minimum atomic E-state index is -0.738. The number of aromatic nitrogens is 7. The molecule has 1 aliphatic rings. The third-order valence-electron chi connectivity index (χ3n) is 3.97. The van der Waals surface area contributed by atoms with Gasteiger partial charge in [-0.05, 0) is 0 Å². The van der Waals surface area contributed by atoms with Crippen LogP contribution in [-0.2, 0) is 4.74 Å². The maximum Gasteiger partial charge on any atom is 0.256 e. The predicted molar refractivity (Wildman–Crippen MR) is 81.4 cm³/mol. The van der Waals surface area contributed by atoms with Crippen molar-refractivity contribution >= 4 is 17.0 Å². The van der Waals surface area contributed by atoms with Crippen molar-refractivity contribution in [2.75, 3.05) is 19.0 Å². The van der Waals surface area contributed by atoms with Crippen LogP contribution in [0.3, 0.4) is 0 Å². The molecule has 0 aromatic carbocycles. The largest absolute Gasteiger partial charge is 0.394 e. The lowest BCUT2D eigenvalue weighted by molar-refractivity contribution is -0.0432. The number of fused-ring (bicyclic) bond motifs is 1. The lowest BCUT2D eigenvalue weighted by Crippen LogP contribution is -2.24. The average molecular weight is 332 g/mol. The standard InChI is InChI=1S/C13H16N8O3/c1-14-11-10-12(18-13(17-11)21-3-2-16-19-21)20(6-15-10)9-4-7(23)8(5-22)24-9/h2-3,6-9,22-23H,4-5H2,1H3,(H,14,17,18)/t7-,8+,9+/m0/s1. The zero-order valence-corrected chi connectivity index (χ0v) is 12.8. The van der Waals surface area contributed by atoms with Gasteiger partial charge in [0.15, 0.2) is 17.0 Å². The zero-order chi connectivity index (χ0) is 16.7. The molecule has 11 nitrogen and oxygen atoms in total. The van der Waals surface area contributed by atoms with Gasteiger partial charge in [0.1, 0.15) is 12.3 Å². The molecule has 4 heterocycles. The molecule has 4 rings (SSSR count). The second-order valence-corrected chi connectivity index (χ2v) is 5.41. The molecule has 3 atom stereocenters. The second-order valence-electron chi connectivity index (χ2n) is 5.41. The molecule has 0 amide bonds. The Bertz CT molecular complexity index is 848. The number of hydrogen-bond donors (Lipinski definition) is 3. The van der Waals surface area contributed by atoms with Gasteiger partial charge in [0.25, 0.3) is 5.95 Å². The number of rotatable bonds is 4. The van der Waals surface area contributed by atoms with E-state index in [1.54, 1.807) is 24.1 Å². The van der Waals surface area contributed by atoms with E-state index in [-0.39, 0.29) is 6.61 Å². The molecular formula is C13H16N8O3. The van der Waals surface area contributed by atoms with Gasteiger partial charge in [0.2, 0.25) is 0 Å². The average Bonchev–Trinajstić information content (AvgIpc) is 3.32. The minimum Gasteiger partial charge on any atom is -0.394 e. The summed E-state index contributed by atoms with van der Waals surface area (Å²) in [5.41, 5.74) is 1.11. The van der Waals surface area contributed by atoms with Crippen molar-refractivity contribution in [3.8, 4) is 5.95 Å². The van der Waals surface area contributed by atoms with Crippen LogP contribution < -0.4 is 5.32 Å². The van der Waals surface area contributed by atoms with Crippen molar-refractivity contribution in [1.29, 1.82) is 0 Å². The third-order valence-corrected chi connectivity index (χ3v) is 3.97. The SMILES string of the molecule is CNc1nc(-n2ccnn2)nc2c1ncn2[C@H]1C[C@H](O)[C@@H](CO)O1. The second kappa shape index (κ2) is 5.78. The van der Waals surface area contributed by atoms with Crippen LogP contribution in [0, 0.1) is 0 Å². The van der Waals surface area contributed by atoms with E-state index in [1.807, 2.05) is 0 Å². The van der Waals surface area contributed by atoms with Gasteiger partial charge >= 0.3 is 0 Å². The number of aliphatic hydroxyl groups is 2. The lowest BCUT2D eigenvalue weighted by atomic mass is 10.2. The highest BCUT2D eigenvalue weighted by Crippen LogP contribution is 2.31. The number of hydrogen-bond acceptors (Lipinski definition) is 9. The van der Waals surface area contributed by atoms with Crippen molar-refractivity contribution in [2.24, 2.45) is 0 Å². The Morgan fingerprint density at radius 1 is 1.42 bits per heavy atom. The molecule has 0 saturated carbocycles. The molecule has 0 unspecified atom stereocenters. The third kappa shape index (κ3) is 2.29. The summed E-state index contributed by atoms with van der Waals surface area (Å²) in [6, 6.07) is 0. The number of nitrogens with one attached hydrogen (secondary N) is 1. The fourth-order valence-electron chi connectivity index (χ4n) is 2.76. The Kier molecular flexibility index (Phi) is 3.59. The van der Waals surface area contributed by atoms with Crippen LogP contribution in [0.25, 0.3) is 17.1 Å². The molecule has 24 heavy (non-hydrogen) atoms. The van der Waals surface area contributed by atoms with Crippen LogP contribution in [0.4, 0.5) is 5.82 Å². The highest BCUT2D eigenvalue weighted by atomic mass is 16.5. The molecule has 3 N–H and O–H groups in total. The van der Waals surface area contributed by atoms with E-state index in [9.17, 15) is 10.2 Å². The summed E-state index contributed by atoms with van der Waals surface area (Å²) < 4.78 is 8.85. The van der Waals surface area contributed by atoms with E-state index >= 15 is 0 Å². The molecule has 1 aliphatic heterocycles. The quantitative estimate of drug-likeness (QED) is 0.554. The monoisotopic (exact) mass is 332 g/mol. The summed E-state index contributed by atoms with van der Waals surface area (Å²) in [6.07, 6.45) is 3.28. The summed E-state index contributed by atoms with van der Waals surface area (Å²) in [5.74, 6) is 0.879. The molecule has 1 saturated heterocycles. The fraction of sp³-hybridized carbons (Fsp3) is 0.462. The minimum absolute atomic E-state index is 0.245. The van der Waals surface area contributed by atoms with Gasteiger partial charge < -0.3 is 20.3 Å². The Morgan fingerprint density at radius 3 is 2.96 bits per heavy atom. The molecule has 3 aromatic rings. The Hall–Kier alpha value is -2.63. The number of ether oxygens (including phenoxy) is 1. The van der Waals surface area contributed by atoms with Gasteiger partial charge in [-0.15, -0.1) is 5.10 Å². The van der Waals surface area contributed by atoms with E-state index in [2.05, 4.69) is 30.6 Å². The van der Waals surface area contributed by atoms with E-state index in [0.29, 0.717) is 29.4 Å². The zero-order valence-electron chi connectivity index (χ0n) is 12.8. The van der Waals surface area contributed by atoms with Crippen molar-refractivity contribution < 1.29 is 14.9 Å². The molecule has 126 valence electrons. The van der Waals surface area contributed by atoms with Gasteiger partial charge in [0.05, 0.1) is 31.4 Å². The van der Waals surface area contributed by atoms with Crippen LogP contribution in [0.2, 0.25) is 0 Å². The fourth-order valence-corrected chi connectivity index (χ4v) is 2.76. The summed E-state index contributed by atoms with van der Waals surface area (Å²) in [7, 11) is 1.74. The summed E-state index contributed by atoms with van der Waals surface area (Å²) in [5, 5.41) is 29.8. The van der Waals surface area contributed by atoms with Crippen molar-refractivity contribution in [1.82, 2.24) is 34.5 Å². The first-order valence-corrected chi connectivity index (χ1v) is 7.44. The number of imidazole rings is 1. The van der Waals surface area contributed by atoms with Crippen LogP contribution in [-0.4, -0.2) is 70.6 Å². The number of anilines is 1. The Morgan fingerprint density at radius 2 is 2.29 bits per heavy atom. The first-order chi connectivity index (χ1) is 11.7. The molecule has 0 aliphatic carbocycles. The highest BCUT2D eigenvalue weighted by molar-refractivity contribution is 5.83. The van der Waals surface area contributed by atoms with Gasteiger partial charge in [0, 0.05) is 13.5 Å². The van der Waals surface area contributed by atoms with E-state index < -0.39 is 18.4 Å². The van der Waals surface area contributed by atoms with Crippen molar-refractivity contribution in [2.45, 2.75) is 24.9 Å². The van der Waals surface area contributed by atoms with E-state index in [4.69, 9.17) is 4.74 Å². The maximum atomic E-state index is 9.95. The molecule has 11 heteroatoms. The van der Waals surface area contributed by atoms with Crippen LogP contribution in [0.5, 0.6) is 0 Å². The summed E-state index contributed by atoms with van der Waals surface area (Å²) in [4.78, 5) is 13.2. The van der Waals surface area contributed by atoms with Crippen LogP contribution in [0.15, 0.2) is 18.7 Å². The van der Waals surface area contributed by atoms with Crippen molar-refractivity contribution in [3.63, 3.8) is 0 Å². The van der Waals surface area contributed by atoms with Crippen LogP contribution in [0.1, 0.15) is 12.6 Å². The molecule has 0 radical (unpaired) electrons. The van der Waals surface area contributed by atoms with Gasteiger partial charge in [-0.25, -0.2) is 4.98 Å². The van der Waals surface area contributed by atoms with Gasteiger partial charge in [-0.2, -0.15) is 14.6 Å². The normalized spacial score (nSPS) is 23.9. The van der Waals surface area contributed by atoms with E-state index in [0.717, 1.165) is 0 Å². The molecule has 1 fully saturated rings. The van der Waals surface area contributed by atoms with Crippen LogP contribution >= 0.6 is 0 Å². The molecule has 3 aromatic heterocycles. The molecule has 0 bridgehead atoms. The first-order valence-electron chi connectivity index (χ1n) is 7.44. The maximum absolute atomic E-state index is 9.95. The first kappa shape index (κ1) is 14.9. The lowest BCUT2D eigenvalue weighted by Gasteiger charge is -2.14. The van der Waals surface area contributed by atoms with Gasteiger partial charge in [-0.1, -0.05) is 5.21 Å². The highest BCUT2D eigenvalue weighted by Gasteiger charge is 2.35. The topological polar surface area (TPSA) is 136 Å². The molecular weight excluding hydrogens is 316 g/mol. The number of aliphatic hydroxyl groups excluding tert-OH is 2. The predicted octanol–water partition coefficient (Wildman–Crippen LogP) is -0.911. The van der Waals surface area contributed by atoms with Gasteiger partial charge in [-0.3, -0.25) is 4.57 Å². The van der Waals surface area contributed by atoms with E-state index in [1.165, 1.54) is 10.9 Å². The number of nitrogens with zero attached hydrogens (tertiary/aromatic N) is 7. The summed E-state index contributed by atoms with van der Waals surface area (Å²) >= 11 is 0. The smallest absolute Gasteiger partial charge is 0.256 e. The molecule has 0 spiro atoms. The van der Waals surface area contributed by atoms with Crippen molar-refractivity contribution in [3.05, 3.63) is 18.7 Å².